The van der Waals surface area contributed by atoms with E-state index in [0.29, 0.717) is 0 Å². The zero-order chi connectivity index (χ0) is 16.8. The molecule has 0 bridgehead atoms. The average Bonchev–Trinajstić information content (AvgIpc) is 2.53. The van der Waals surface area contributed by atoms with Crippen molar-refractivity contribution in [1.82, 2.24) is 0 Å². The fourth-order valence-corrected chi connectivity index (χ4v) is 1.66. The Morgan fingerprint density at radius 2 is 1.61 bits per heavy atom. The van der Waals surface area contributed by atoms with Crippen LogP contribution >= 0.6 is 0 Å². The molecule has 2 aromatic carbocycles. The Labute approximate surface area is 129 Å². The molecule has 0 radical (unpaired) electrons. The van der Waals surface area contributed by atoms with E-state index in [4.69, 9.17) is 9.47 Å². The van der Waals surface area contributed by atoms with E-state index < -0.39 is 22.4 Å². The number of benzene rings is 2. The van der Waals surface area contributed by atoms with E-state index in [2.05, 4.69) is 0 Å². The number of carbonyl (C=O) groups excluding carboxylic acids is 1. The second-order valence-corrected chi connectivity index (χ2v) is 4.24. The molecule has 9 nitrogen and oxygen atoms in total. The van der Waals surface area contributed by atoms with Gasteiger partial charge in [-0.05, 0) is 18.2 Å². The first-order chi connectivity index (χ1) is 11.0. The number of hydrogen-bond donors (Lipinski definition) is 0. The molecule has 0 amide bonds. The lowest BCUT2D eigenvalue weighted by molar-refractivity contribution is -0.385. The summed E-state index contributed by atoms with van der Waals surface area (Å²) >= 11 is 0. The summed E-state index contributed by atoms with van der Waals surface area (Å²) in [5, 5.41) is 21.3. The van der Waals surface area contributed by atoms with Gasteiger partial charge in [0.15, 0.2) is 12.4 Å². The monoisotopic (exact) mass is 318 g/mol. The number of rotatable bonds is 6. The van der Waals surface area contributed by atoms with Crippen LogP contribution in [0.1, 0.15) is 0 Å². The Hall–Kier alpha value is -3.49. The van der Waals surface area contributed by atoms with Gasteiger partial charge in [-0.2, -0.15) is 0 Å². The number of nitro groups is 2. The third-order valence-electron chi connectivity index (χ3n) is 2.69. The van der Waals surface area contributed by atoms with E-state index in [1.807, 2.05) is 0 Å². The molecule has 0 aromatic heterocycles. The summed E-state index contributed by atoms with van der Waals surface area (Å²) in [6, 6.07) is 10.5. The van der Waals surface area contributed by atoms with E-state index >= 15 is 0 Å². The molecule has 0 aliphatic rings. The van der Waals surface area contributed by atoms with Crippen LogP contribution in [0.3, 0.4) is 0 Å². The van der Waals surface area contributed by atoms with Crippen LogP contribution in [-0.2, 0) is 4.79 Å². The number of non-ortho nitro benzene ring substituents is 1. The highest BCUT2D eigenvalue weighted by molar-refractivity contribution is 5.74. The van der Waals surface area contributed by atoms with E-state index in [-0.39, 0.29) is 22.9 Å². The second-order valence-electron chi connectivity index (χ2n) is 4.24. The van der Waals surface area contributed by atoms with E-state index in [9.17, 15) is 25.0 Å². The molecule has 0 N–H and O–H groups in total. The minimum Gasteiger partial charge on any atom is -0.475 e. The number of hydrogen-bond acceptors (Lipinski definition) is 7. The van der Waals surface area contributed by atoms with Gasteiger partial charge in [-0.3, -0.25) is 20.2 Å². The number of ether oxygens (including phenoxy) is 2. The number of nitrogens with zero attached hydrogens (tertiary/aromatic N) is 2. The van der Waals surface area contributed by atoms with Crippen LogP contribution in [0.5, 0.6) is 11.5 Å². The summed E-state index contributed by atoms with van der Waals surface area (Å²) in [5.74, 6) is -0.748. The predicted molar refractivity (Wildman–Crippen MR) is 77.3 cm³/mol. The molecule has 0 atom stereocenters. The molecule has 0 unspecified atom stereocenters. The predicted octanol–water partition coefficient (Wildman–Crippen LogP) is 2.49. The van der Waals surface area contributed by atoms with E-state index in [1.54, 1.807) is 0 Å². The van der Waals surface area contributed by atoms with Gasteiger partial charge in [0.1, 0.15) is 5.75 Å². The lowest BCUT2D eigenvalue weighted by atomic mass is 10.3. The largest absolute Gasteiger partial charge is 0.475 e. The summed E-state index contributed by atoms with van der Waals surface area (Å²) in [7, 11) is 0. The quantitative estimate of drug-likeness (QED) is 0.347. The van der Waals surface area contributed by atoms with Crippen molar-refractivity contribution in [2.45, 2.75) is 0 Å². The first-order valence-electron chi connectivity index (χ1n) is 6.28. The highest BCUT2D eigenvalue weighted by Gasteiger charge is 2.16. The number of para-hydroxylation sites is 2. The molecule has 23 heavy (non-hydrogen) atoms. The lowest BCUT2D eigenvalue weighted by Gasteiger charge is -2.07. The molecule has 118 valence electrons. The Kier molecular flexibility index (Phi) is 4.82. The van der Waals surface area contributed by atoms with Crippen LogP contribution < -0.4 is 9.47 Å². The number of nitro benzene ring substituents is 2. The number of esters is 1. The molecule has 2 rings (SSSR count). The molecular formula is C14H10N2O7. The van der Waals surface area contributed by atoms with Crippen molar-refractivity contribution in [2.24, 2.45) is 0 Å². The SMILES string of the molecule is O=C(COc1ccccc1[N+](=O)[O-])Oc1ccc([N+](=O)[O-])cc1. The Morgan fingerprint density at radius 1 is 0.957 bits per heavy atom. The van der Waals surface area contributed by atoms with Crippen LogP contribution in [0, 0.1) is 20.2 Å². The topological polar surface area (TPSA) is 122 Å². The van der Waals surface area contributed by atoms with Gasteiger partial charge in [0, 0.05) is 18.2 Å². The maximum absolute atomic E-state index is 11.6. The highest BCUT2D eigenvalue weighted by atomic mass is 16.6. The summed E-state index contributed by atoms with van der Waals surface area (Å²) in [6.07, 6.45) is 0. The van der Waals surface area contributed by atoms with Gasteiger partial charge >= 0.3 is 11.7 Å². The third kappa shape index (κ3) is 4.24. The molecular weight excluding hydrogens is 308 g/mol. The number of carbonyl (C=O) groups is 1. The molecule has 2 aromatic rings. The summed E-state index contributed by atoms with van der Waals surface area (Å²) in [5.41, 5.74) is -0.406. The van der Waals surface area contributed by atoms with Crippen LogP contribution in [-0.4, -0.2) is 22.4 Å². The van der Waals surface area contributed by atoms with Gasteiger partial charge in [-0.1, -0.05) is 12.1 Å². The van der Waals surface area contributed by atoms with E-state index in [1.165, 1.54) is 48.5 Å². The fraction of sp³-hybridized carbons (Fsp3) is 0.0714. The molecule has 0 aliphatic carbocycles. The molecule has 9 heteroatoms. The van der Waals surface area contributed by atoms with Crippen molar-refractivity contribution in [1.29, 1.82) is 0 Å². The van der Waals surface area contributed by atoms with Gasteiger partial charge in [-0.15, -0.1) is 0 Å². The smallest absolute Gasteiger partial charge is 0.349 e. The van der Waals surface area contributed by atoms with Gasteiger partial charge in [0.25, 0.3) is 5.69 Å². The molecule has 0 spiro atoms. The van der Waals surface area contributed by atoms with Crippen molar-refractivity contribution in [3.05, 3.63) is 68.8 Å². The second kappa shape index (κ2) is 6.98. The van der Waals surface area contributed by atoms with Crippen LogP contribution in [0.15, 0.2) is 48.5 Å². The molecule has 0 aliphatic heterocycles. The summed E-state index contributed by atoms with van der Waals surface area (Å²) in [6.45, 7) is -0.540. The minimum absolute atomic E-state index is 0.0573. The molecule has 0 saturated heterocycles. The maximum atomic E-state index is 11.6. The third-order valence-corrected chi connectivity index (χ3v) is 2.69. The normalized spacial score (nSPS) is 9.91. The van der Waals surface area contributed by atoms with Gasteiger partial charge in [0.05, 0.1) is 9.85 Å². The Bertz CT molecular complexity index is 743. The zero-order valence-corrected chi connectivity index (χ0v) is 11.6. The first kappa shape index (κ1) is 15.9. The van der Waals surface area contributed by atoms with Crippen LogP contribution in [0.2, 0.25) is 0 Å². The van der Waals surface area contributed by atoms with Crippen molar-refractivity contribution < 1.29 is 24.1 Å². The molecule has 0 heterocycles. The van der Waals surface area contributed by atoms with Gasteiger partial charge in [0.2, 0.25) is 0 Å². The van der Waals surface area contributed by atoms with Crippen LogP contribution in [0.4, 0.5) is 11.4 Å². The zero-order valence-electron chi connectivity index (χ0n) is 11.6. The van der Waals surface area contributed by atoms with Crippen molar-refractivity contribution in [2.75, 3.05) is 6.61 Å². The fourth-order valence-electron chi connectivity index (χ4n) is 1.66. The average molecular weight is 318 g/mol. The van der Waals surface area contributed by atoms with E-state index in [0.717, 1.165) is 0 Å². The Balaban J connectivity index is 1.95. The molecule has 0 saturated carbocycles. The van der Waals surface area contributed by atoms with Crippen molar-refractivity contribution in [3.63, 3.8) is 0 Å². The summed E-state index contributed by atoms with van der Waals surface area (Å²) < 4.78 is 9.98. The Morgan fingerprint density at radius 3 is 2.22 bits per heavy atom. The minimum atomic E-state index is -0.794. The standard InChI is InChI=1S/C14H10N2O7/c17-14(23-11-7-5-10(6-8-11)15(18)19)9-22-13-4-2-1-3-12(13)16(20)21/h1-8H,9H2. The maximum Gasteiger partial charge on any atom is 0.349 e. The van der Waals surface area contributed by atoms with Gasteiger partial charge < -0.3 is 9.47 Å². The highest BCUT2D eigenvalue weighted by Crippen LogP contribution is 2.25. The van der Waals surface area contributed by atoms with Crippen molar-refractivity contribution in [3.8, 4) is 11.5 Å². The lowest BCUT2D eigenvalue weighted by Crippen LogP contribution is -2.18. The van der Waals surface area contributed by atoms with Crippen molar-refractivity contribution >= 4 is 17.3 Å². The van der Waals surface area contributed by atoms with Gasteiger partial charge in [-0.25, -0.2) is 4.79 Å². The first-order valence-corrected chi connectivity index (χ1v) is 6.28. The summed E-state index contributed by atoms with van der Waals surface area (Å²) in [4.78, 5) is 31.7. The van der Waals surface area contributed by atoms with Crippen LogP contribution in [0.25, 0.3) is 0 Å². The molecule has 0 fully saturated rings.